The Labute approximate surface area is 216 Å². The van der Waals surface area contributed by atoms with Gasteiger partial charge in [-0.05, 0) is 62.2 Å². The van der Waals surface area contributed by atoms with Crippen LogP contribution in [-0.2, 0) is 21.3 Å². The average Bonchev–Trinajstić information content (AvgIpc) is 3.24. The summed E-state index contributed by atoms with van der Waals surface area (Å²) < 4.78 is 41.5. The smallest absolute Gasteiger partial charge is 0.279 e. The first kappa shape index (κ1) is 26.5. The zero-order valence-electron chi connectivity index (χ0n) is 21.0. The van der Waals surface area contributed by atoms with Crippen molar-refractivity contribution < 1.29 is 22.7 Å². The third-order valence-corrected chi connectivity index (χ3v) is 9.58. The number of hydrogen-bond donors (Lipinski definition) is 0. The lowest BCUT2D eigenvalue weighted by atomic mass is 9.96. The van der Waals surface area contributed by atoms with E-state index in [2.05, 4.69) is 4.99 Å². The number of carbonyl (C=O) groups is 1. The summed E-state index contributed by atoms with van der Waals surface area (Å²) in [6.07, 6.45) is 5.03. The van der Waals surface area contributed by atoms with Gasteiger partial charge in [-0.2, -0.15) is 9.30 Å². The standard InChI is InChI=1S/C26H33N3O5S2/c1-4-34-17-16-29-23-15-12-21(33-3)18-24(23)35-26(29)27-25(30)19-10-13-22(14-11-19)36(31,32)28(2)20-8-6-5-7-9-20/h10-15,18,20H,4-9,16-17H2,1-3H3. The van der Waals surface area contributed by atoms with E-state index in [1.54, 1.807) is 14.2 Å². The number of benzene rings is 2. The van der Waals surface area contributed by atoms with Crippen molar-refractivity contribution in [2.24, 2.45) is 4.99 Å². The van der Waals surface area contributed by atoms with Gasteiger partial charge in [-0.15, -0.1) is 0 Å². The van der Waals surface area contributed by atoms with Gasteiger partial charge in [0.15, 0.2) is 4.80 Å². The summed E-state index contributed by atoms with van der Waals surface area (Å²) in [6.45, 7) is 3.59. The molecule has 0 saturated heterocycles. The molecule has 0 spiro atoms. The number of fused-ring (bicyclic) bond motifs is 1. The van der Waals surface area contributed by atoms with Gasteiger partial charge in [-0.3, -0.25) is 4.79 Å². The largest absolute Gasteiger partial charge is 0.497 e. The van der Waals surface area contributed by atoms with E-state index >= 15 is 0 Å². The van der Waals surface area contributed by atoms with Crippen LogP contribution < -0.4 is 9.54 Å². The molecule has 0 bridgehead atoms. The van der Waals surface area contributed by atoms with Gasteiger partial charge in [-0.25, -0.2) is 8.42 Å². The van der Waals surface area contributed by atoms with Crippen LogP contribution in [0.25, 0.3) is 10.2 Å². The minimum absolute atomic E-state index is 0.0266. The molecule has 1 aromatic heterocycles. The van der Waals surface area contributed by atoms with Crippen LogP contribution >= 0.6 is 11.3 Å². The number of nitrogens with zero attached hydrogens (tertiary/aromatic N) is 3. The molecular formula is C26H33N3O5S2. The quantitative estimate of drug-likeness (QED) is 0.381. The van der Waals surface area contributed by atoms with Crippen molar-refractivity contribution in [1.29, 1.82) is 0 Å². The van der Waals surface area contributed by atoms with Crippen LogP contribution in [0.2, 0.25) is 0 Å². The Morgan fingerprint density at radius 1 is 1.14 bits per heavy atom. The molecule has 2 aromatic carbocycles. The molecule has 1 amide bonds. The molecular weight excluding hydrogens is 498 g/mol. The normalized spacial score (nSPS) is 15.6. The van der Waals surface area contributed by atoms with E-state index in [4.69, 9.17) is 9.47 Å². The van der Waals surface area contributed by atoms with Crippen LogP contribution in [0, 0.1) is 0 Å². The number of carbonyl (C=O) groups excluding carboxylic acids is 1. The SMILES string of the molecule is CCOCCn1c(=NC(=O)c2ccc(S(=O)(=O)N(C)C3CCCCC3)cc2)sc2cc(OC)ccc21. The zero-order valence-corrected chi connectivity index (χ0v) is 22.6. The minimum Gasteiger partial charge on any atom is -0.497 e. The van der Waals surface area contributed by atoms with E-state index in [-0.39, 0.29) is 10.9 Å². The van der Waals surface area contributed by atoms with Crippen molar-refractivity contribution in [3.05, 3.63) is 52.8 Å². The average molecular weight is 532 g/mol. The zero-order chi connectivity index (χ0) is 25.7. The van der Waals surface area contributed by atoms with Gasteiger partial charge in [0.2, 0.25) is 10.0 Å². The first-order valence-electron chi connectivity index (χ1n) is 12.3. The molecule has 4 rings (SSSR count). The molecule has 10 heteroatoms. The Morgan fingerprint density at radius 3 is 2.53 bits per heavy atom. The van der Waals surface area contributed by atoms with E-state index < -0.39 is 15.9 Å². The van der Waals surface area contributed by atoms with E-state index in [0.29, 0.717) is 30.1 Å². The fourth-order valence-electron chi connectivity index (χ4n) is 4.51. The van der Waals surface area contributed by atoms with Crippen LogP contribution in [0.3, 0.4) is 0 Å². The first-order valence-corrected chi connectivity index (χ1v) is 14.5. The second-order valence-electron chi connectivity index (χ2n) is 8.82. The lowest BCUT2D eigenvalue weighted by Gasteiger charge is -2.30. The van der Waals surface area contributed by atoms with Crippen molar-refractivity contribution >= 4 is 37.5 Å². The molecule has 3 aromatic rings. The van der Waals surface area contributed by atoms with Gasteiger partial charge in [-0.1, -0.05) is 30.6 Å². The highest BCUT2D eigenvalue weighted by Crippen LogP contribution is 2.27. The van der Waals surface area contributed by atoms with Crippen LogP contribution in [0.1, 0.15) is 49.4 Å². The van der Waals surface area contributed by atoms with Crippen LogP contribution in [0.15, 0.2) is 52.4 Å². The Balaban J connectivity index is 1.61. The Morgan fingerprint density at radius 2 is 1.86 bits per heavy atom. The lowest BCUT2D eigenvalue weighted by molar-refractivity contribution is 0.0996. The van der Waals surface area contributed by atoms with Crippen molar-refractivity contribution in [2.45, 2.75) is 56.5 Å². The highest BCUT2D eigenvalue weighted by atomic mass is 32.2. The predicted molar refractivity (Wildman–Crippen MR) is 141 cm³/mol. The van der Waals surface area contributed by atoms with Gasteiger partial charge in [0.05, 0.1) is 28.8 Å². The fourth-order valence-corrected chi connectivity index (χ4v) is 7.01. The topological polar surface area (TPSA) is 90.2 Å². The van der Waals surface area contributed by atoms with Crippen molar-refractivity contribution in [3.63, 3.8) is 0 Å². The number of aromatic nitrogens is 1. The van der Waals surface area contributed by atoms with Crippen molar-refractivity contribution in [3.8, 4) is 5.75 Å². The van der Waals surface area contributed by atoms with Gasteiger partial charge in [0.25, 0.3) is 5.91 Å². The Kier molecular flexibility index (Phi) is 8.61. The second kappa shape index (κ2) is 11.7. The van der Waals surface area contributed by atoms with E-state index in [0.717, 1.165) is 48.1 Å². The maximum absolute atomic E-state index is 13.1. The van der Waals surface area contributed by atoms with Crippen molar-refractivity contribution in [2.75, 3.05) is 27.4 Å². The van der Waals surface area contributed by atoms with Crippen LogP contribution in [0.5, 0.6) is 5.75 Å². The monoisotopic (exact) mass is 531 g/mol. The summed E-state index contributed by atoms with van der Waals surface area (Å²) >= 11 is 1.40. The van der Waals surface area contributed by atoms with Gasteiger partial charge in [0, 0.05) is 31.8 Å². The molecule has 1 heterocycles. The summed E-state index contributed by atoms with van der Waals surface area (Å²) in [7, 11) is -0.355. The highest BCUT2D eigenvalue weighted by molar-refractivity contribution is 7.89. The maximum Gasteiger partial charge on any atom is 0.279 e. The van der Waals surface area contributed by atoms with Gasteiger partial charge >= 0.3 is 0 Å². The molecule has 1 aliphatic carbocycles. The summed E-state index contributed by atoms with van der Waals surface area (Å²) in [5, 5.41) is 0. The van der Waals surface area contributed by atoms with Gasteiger partial charge in [0.1, 0.15) is 5.75 Å². The maximum atomic E-state index is 13.1. The number of sulfonamides is 1. The summed E-state index contributed by atoms with van der Waals surface area (Å²) in [5.41, 5.74) is 1.28. The molecule has 194 valence electrons. The predicted octanol–water partition coefficient (Wildman–Crippen LogP) is 4.44. The molecule has 1 fully saturated rings. The highest BCUT2D eigenvalue weighted by Gasteiger charge is 2.29. The van der Waals surface area contributed by atoms with Gasteiger partial charge < -0.3 is 14.0 Å². The van der Waals surface area contributed by atoms with Crippen LogP contribution in [-0.4, -0.2) is 56.6 Å². The number of ether oxygens (including phenoxy) is 2. The molecule has 0 unspecified atom stereocenters. The van der Waals surface area contributed by atoms with E-state index in [1.165, 1.54) is 39.9 Å². The lowest BCUT2D eigenvalue weighted by Crippen LogP contribution is -2.38. The number of hydrogen-bond acceptors (Lipinski definition) is 6. The second-order valence-corrected chi connectivity index (χ2v) is 11.8. The summed E-state index contributed by atoms with van der Waals surface area (Å²) in [4.78, 5) is 18.2. The summed E-state index contributed by atoms with van der Waals surface area (Å²) in [5.74, 6) is 0.303. The van der Waals surface area contributed by atoms with E-state index in [1.807, 2.05) is 29.7 Å². The molecule has 0 atom stereocenters. The molecule has 1 aliphatic rings. The molecule has 0 aliphatic heterocycles. The molecule has 1 saturated carbocycles. The molecule has 0 radical (unpaired) electrons. The number of thiazole rings is 1. The molecule has 8 nitrogen and oxygen atoms in total. The minimum atomic E-state index is -3.62. The fraction of sp³-hybridized carbons (Fsp3) is 0.462. The Hall–Kier alpha value is -2.53. The number of rotatable bonds is 9. The molecule has 0 N–H and O–H groups in total. The third kappa shape index (κ3) is 5.72. The first-order chi connectivity index (χ1) is 17.3. The van der Waals surface area contributed by atoms with Crippen molar-refractivity contribution in [1.82, 2.24) is 8.87 Å². The molecule has 36 heavy (non-hydrogen) atoms. The Bertz CT molecular complexity index is 1370. The number of methoxy groups -OCH3 is 1. The van der Waals surface area contributed by atoms with Crippen LogP contribution in [0.4, 0.5) is 0 Å². The number of amides is 1. The summed E-state index contributed by atoms with van der Waals surface area (Å²) in [6, 6.07) is 11.8. The third-order valence-electron chi connectivity index (χ3n) is 6.62. The van der Waals surface area contributed by atoms with E-state index in [9.17, 15) is 13.2 Å².